The van der Waals surface area contributed by atoms with Crippen molar-refractivity contribution in [3.8, 4) is 0 Å². The molecule has 0 saturated heterocycles. The molecule has 0 saturated carbocycles. The van der Waals surface area contributed by atoms with Gasteiger partial charge in [0.15, 0.2) is 6.61 Å². The number of hydrogen-bond donors (Lipinski definition) is 2. The summed E-state index contributed by atoms with van der Waals surface area (Å²) in [6, 6.07) is 12.2. The maximum Gasteiger partial charge on any atom is 0.321 e. The van der Waals surface area contributed by atoms with Crippen LogP contribution >= 0.6 is 0 Å². The molecule has 158 valence electrons. The second-order valence-electron chi connectivity index (χ2n) is 6.09. The van der Waals surface area contributed by atoms with Crippen LogP contribution in [0.15, 0.2) is 53.9 Å². The van der Waals surface area contributed by atoms with E-state index in [-0.39, 0.29) is 11.4 Å². The molecule has 2 aromatic carbocycles. The molecule has 2 rings (SSSR count). The molecular formula is C19H19N3O7S. The van der Waals surface area contributed by atoms with Crippen LogP contribution in [0.5, 0.6) is 0 Å². The van der Waals surface area contributed by atoms with Gasteiger partial charge in [0.25, 0.3) is 11.6 Å². The average molecular weight is 433 g/mol. The van der Waals surface area contributed by atoms with Gasteiger partial charge in [-0.05, 0) is 30.7 Å². The number of aryl methyl sites for hydroxylation is 1. The topological polar surface area (TPSA) is 145 Å². The Bertz CT molecular complexity index is 1050. The maximum absolute atomic E-state index is 11.9. The van der Waals surface area contributed by atoms with Gasteiger partial charge in [-0.2, -0.15) is 0 Å². The first kappa shape index (κ1) is 22.7. The summed E-state index contributed by atoms with van der Waals surface area (Å²) in [5.41, 5.74) is 1.86. The molecule has 0 aliphatic heterocycles. The number of nitro benzene ring substituents is 1. The SMILES string of the molecule is Cc1ccc(C=CS(=O)(=O)NCC(=O)OCC(=O)Nc2ccc([N+](=O)[O-])cc2)cc1. The number of nitrogens with zero attached hydrogens (tertiary/aromatic N) is 1. The zero-order valence-electron chi connectivity index (χ0n) is 15.9. The summed E-state index contributed by atoms with van der Waals surface area (Å²) in [5.74, 6) is -1.62. The number of anilines is 1. The molecule has 30 heavy (non-hydrogen) atoms. The number of nitro groups is 1. The highest BCUT2D eigenvalue weighted by atomic mass is 32.2. The lowest BCUT2D eigenvalue weighted by molar-refractivity contribution is -0.384. The Balaban J connectivity index is 1.76. The number of ether oxygens (including phenoxy) is 1. The van der Waals surface area contributed by atoms with Crippen LogP contribution < -0.4 is 10.0 Å². The molecule has 0 fully saturated rings. The minimum atomic E-state index is -3.87. The van der Waals surface area contributed by atoms with Crippen molar-refractivity contribution >= 4 is 39.4 Å². The summed E-state index contributed by atoms with van der Waals surface area (Å²) >= 11 is 0. The molecule has 0 bridgehead atoms. The van der Waals surface area contributed by atoms with Crippen LogP contribution in [0.1, 0.15) is 11.1 Å². The van der Waals surface area contributed by atoms with Gasteiger partial charge >= 0.3 is 5.97 Å². The van der Waals surface area contributed by atoms with Crippen molar-refractivity contribution in [2.75, 3.05) is 18.5 Å². The van der Waals surface area contributed by atoms with Crippen LogP contribution in [0.3, 0.4) is 0 Å². The largest absolute Gasteiger partial charge is 0.455 e. The minimum absolute atomic E-state index is 0.136. The Hall–Kier alpha value is -3.57. The van der Waals surface area contributed by atoms with Crippen molar-refractivity contribution in [2.45, 2.75) is 6.92 Å². The van der Waals surface area contributed by atoms with E-state index < -0.39 is 40.0 Å². The van der Waals surface area contributed by atoms with Crippen LogP contribution in [0.25, 0.3) is 6.08 Å². The predicted molar refractivity (Wildman–Crippen MR) is 110 cm³/mol. The van der Waals surface area contributed by atoms with E-state index in [1.54, 1.807) is 12.1 Å². The molecule has 0 aliphatic rings. The first-order chi connectivity index (χ1) is 14.1. The third-order valence-electron chi connectivity index (χ3n) is 3.66. The number of benzene rings is 2. The Morgan fingerprint density at radius 2 is 1.73 bits per heavy atom. The number of nitrogens with one attached hydrogen (secondary N) is 2. The predicted octanol–water partition coefficient (Wildman–Crippen LogP) is 1.98. The lowest BCUT2D eigenvalue weighted by Gasteiger charge is -2.07. The minimum Gasteiger partial charge on any atom is -0.455 e. The number of sulfonamides is 1. The monoisotopic (exact) mass is 433 g/mol. The van der Waals surface area contributed by atoms with Gasteiger partial charge < -0.3 is 10.1 Å². The molecule has 1 amide bonds. The van der Waals surface area contributed by atoms with Crippen molar-refractivity contribution in [1.29, 1.82) is 0 Å². The number of amides is 1. The summed E-state index contributed by atoms with van der Waals surface area (Å²) in [4.78, 5) is 33.4. The normalized spacial score (nSPS) is 11.2. The van der Waals surface area contributed by atoms with Gasteiger partial charge in [0.2, 0.25) is 10.0 Å². The molecule has 0 aromatic heterocycles. The Morgan fingerprint density at radius 1 is 1.10 bits per heavy atom. The molecule has 2 N–H and O–H groups in total. The van der Waals surface area contributed by atoms with E-state index in [2.05, 4.69) is 5.32 Å². The summed E-state index contributed by atoms with van der Waals surface area (Å²) in [5, 5.41) is 13.9. The third kappa shape index (κ3) is 7.81. The molecule has 0 radical (unpaired) electrons. The Morgan fingerprint density at radius 3 is 2.33 bits per heavy atom. The smallest absolute Gasteiger partial charge is 0.321 e. The number of carbonyl (C=O) groups excluding carboxylic acids is 2. The molecule has 0 heterocycles. The highest BCUT2D eigenvalue weighted by Crippen LogP contribution is 2.15. The zero-order valence-corrected chi connectivity index (χ0v) is 16.7. The molecule has 11 heteroatoms. The fourth-order valence-corrected chi connectivity index (χ4v) is 2.87. The Kier molecular flexibility index (Phi) is 7.78. The van der Waals surface area contributed by atoms with Crippen LogP contribution in [0, 0.1) is 17.0 Å². The first-order valence-corrected chi connectivity index (χ1v) is 10.1. The van der Waals surface area contributed by atoms with Crippen LogP contribution in [-0.4, -0.2) is 38.4 Å². The standard InChI is InChI=1S/C19H19N3O7S/c1-14-2-4-15(5-3-14)10-11-30(27,28)20-12-19(24)29-13-18(23)21-16-6-8-17(9-7-16)22(25)26/h2-11,20H,12-13H2,1H3,(H,21,23). The lowest BCUT2D eigenvalue weighted by Crippen LogP contribution is -2.31. The fourth-order valence-electron chi connectivity index (χ4n) is 2.11. The van der Waals surface area contributed by atoms with Crippen LogP contribution in [0.2, 0.25) is 0 Å². The quantitative estimate of drug-likeness (QED) is 0.349. The fraction of sp³-hybridized carbons (Fsp3) is 0.158. The highest BCUT2D eigenvalue weighted by Gasteiger charge is 2.12. The summed E-state index contributed by atoms with van der Waals surface area (Å²) in [7, 11) is -3.87. The van der Waals surface area contributed by atoms with Gasteiger partial charge in [-0.15, -0.1) is 0 Å². The molecule has 0 spiro atoms. The molecule has 10 nitrogen and oxygen atoms in total. The molecule has 0 aliphatic carbocycles. The number of non-ortho nitro benzene ring substituents is 1. The van der Waals surface area contributed by atoms with E-state index in [1.165, 1.54) is 30.3 Å². The number of rotatable bonds is 9. The van der Waals surface area contributed by atoms with E-state index in [1.807, 2.05) is 23.8 Å². The van der Waals surface area contributed by atoms with E-state index in [0.717, 1.165) is 11.0 Å². The van der Waals surface area contributed by atoms with Gasteiger partial charge in [-0.25, -0.2) is 13.1 Å². The van der Waals surface area contributed by atoms with E-state index >= 15 is 0 Å². The second-order valence-corrected chi connectivity index (χ2v) is 7.74. The van der Waals surface area contributed by atoms with Crippen molar-refractivity contribution in [3.05, 3.63) is 75.2 Å². The van der Waals surface area contributed by atoms with Gasteiger partial charge in [0, 0.05) is 23.2 Å². The molecule has 0 unspecified atom stereocenters. The summed E-state index contributed by atoms with van der Waals surface area (Å²) in [6.07, 6.45) is 1.38. The average Bonchev–Trinajstić information content (AvgIpc) is 2.71. The van der Waals surface area contributed by atoms with Crippen molar-refractivity contribution in [3.63, 3.8) is 0 Å². The number of carbonyl (C=O) groups is 2. The molecular weight excluding hydrogens is 414 g/mol. The van der Waals surface area contributed by atoms with Crippen LogP contribution in [0.4, 0.5) is 11.4 Å². The summed E-state index contributed by atoms with van der Waals surface area (Å²) in [6.45, 7) is 0.617. The van der Waals surface area contributed by atoms with Crippen molar-refractivity contribution in [1.82, 2.24) is 4.72 Å². The third-order valence-corrected chi connectivity index (χ3v) is 4.70. The van der Waals surface area contributed by atoms with E-state index in [9.17, 15) is 28.1 Å². The van der Waals surface area contributed by atoms with Crippen LogP contribution in [-0.2, 0) is 24.3 Å². The maximum atomic E-state index is 11.9. The zero-order chi connectivity index (χ0) is 22.1. The van der Waals surface area contributed by atoms with Crippen molar-refractivity contribution < 1.29 is 27.7 Å². The second kappa shape index (κ2) is 10.3. The van der Waals surface area contributed by atoms with Gasteiger partial charge in [-0.1, -0.05) is 29.8 Å². The van der Waals surface area contributed by atoms with E-state index in [4.69, 9.17) is 4.74 Å². The summed E-state index contributed by atoms with van der Waals surface area (Å²) < 4.78 is 30.5. The van der Waals surface area contributed by atoms with Gasteiger partial charge in [-0.3, -0.25) is 19.7 Å². The lowest BCUT2D eigenvalue weighted by atomic mass is 10.2. The first-order valence-electron chi connectivity index (χ1n) is 8.59. The molecule has 2 aromatic rings. The highest BCUT2D eigenvalue weighted by molar-refractivity contribution is 7.92. The van der Waals surface area contributed by atoms with Crippen molar-refractivity contribution in [2.24, 2.45) is 0 Å². The molecule has 0 atom stereocenters. The van der Waals surface area contributed by atoms with Gasteiger partial charge in [0.05, 0.1) is 4.92 Å². The van der Waals surface area contributed by atoms with E-state index in [0.29, 0.717) is 5.56 Å². The number of esters is 1. The number of hydrogen-bond acceptors (Lipinski definition) is 7. The Labute approximate surface area is 172 Å². The van der Waals surface area contributed by atoms with Gasteiger partial charge in [0.1, 0.15) is 6.54 Å².